The molecule has 1 aromatic heterocycles. The third-order valence-corrected chi connectivity index (χ3v) is 8.85. The van der Waals surface area contributed by atoms with Gasteiger partial charge in [-0.1, -0.05) is 88.5 Å². The molecular formula is C40H37BN5Pt-3. The Kier molecular flexibility index (Phi) is 9.52. The Morgan fingerprint density at radius 2 is 1.53 bits per heavy atom. The van der Waals surface area contributed by atoms with Crippen molar-refractivity contribution in [2.45, 2.75) is 47.1 Å². The van der Waals surface area contributed by atoms with Gasteiger partial charge in [0.05, 0.1) is 11.9 Å². The van der Waals surface area contributed by atoms with Crippen LogP contribution in [0.1, 0.15) is 41.8 Å². The van der Waals surface area contributed by atoms with Crippen LogP contribution < -0.4 is 26.3 Å². The summed E-state index contributed by atoms with van der Waals surface area (Å²) in [6, 6.07) is 37.6. The van der Waals surface area contributed by atoms with Crippen LogP contribution in [0, 0.1) is 46.5 Å². The standard InChI is InChI=1S/C40H37BN5.Pt/c1-28-22-29(2)40(30(3)23-28)41(34-15-12-14-33(25-34)39-24-31(4)46(43-39)37-19-10-7-11-20-37)35-16-13-21-38(26-35)45-27-44(32(5)42-45)36-17-8-6-9-18-36;/h6-19,21-24,27,37H,20H2,1-5H3;/q-3;/t37-;/m1./s1. The van der Waals surface area contributed by atoms with Crippen LogP contribution in [-0.2, 0) is 21.1 Å². The maximum Gasteiger partial charge on any atom is 0.198 e. The molecule has 1 atom stereocenters. The monoisotopic (exact) mass is 793 g/mol. The molecule has 0 bridgehead atoms. The first-order chi connectivity index (χ1) is 22.4. The van der Waals surface area contributed by atoms with Crippen LogP contribution in [-0.4, -0.2) is 22.3 Å². The molecule has 0 spiro atoms. The molecule has 7 heteroatoms. The molecule has 0 radical (unpaired) electrons. The quantitative estimate of drug-likeness (QED) is 0.136. The molecule has 0 fully saturated rings. The summed E-state index contributed by atoms with van der Waals surface area (Å²) < 4.78 is 2.13. The fourth-order valence-corrected chi connectivity index (χ4v) is 6.79. The van der Waals surface area contributed by atoms with E-state index in [1.165, 1.54) is 22.2 Å². The molecule has 0 amide bonds. The summed E-state index contributed by atoms with van der Waals surface area (Å²) in [6.45, 7) is 12.7. The zero-order valence-corrected chi connectivity index (χ0v) is 29.7. The third kappa shape index (κ3) is 6.57. The van der Waals surface area contributed by atoms with Crippen LogP contribution >= 0.6 is 0 Å². The second kappa shape index (κ2) is 13.8. The second-order valence-electron chi connectivity index (χ2n) is 12.3. The van der Waals surface area contributed by atoms with Gasteiger partial charge in [-0.25, -0.2) is 5.10 Å². The number of para-hydroxylation sites is 1. The fourth-order valence-electron chi connectivity index (χ4n) is 6.79. The van der Waals surface area contributed by atoms with Crippen molar-refractivity contribution >= 4 is 40.3 Å². The number of nitrogens with zero attached hydrogens (tertiary/aromatic N) is 5. The molecule has 2 heterocycles. The summed E-state index contributed by atoms with van der Waals surface area (Å²) in [4.78, 5) is 2.10. The first kappa shape index (κ1) is 32.5. The molecule has 5 aromatic rings. The van der Waals surface area contributed by atoms with Gasteiger partial charge in [0.2, 0.25) is 0 Å². The molecule has 0 saturated heterocycles. The Balaban J connectivity index is 0.00000386. The summed E-state index contributed by atoms with van der Waals surface area (Å²) in [7, 11) is 0. The van der Waals surface area contributed by atoms with Gasteiger partial charge >= 0.3 is 0 Å². The first-order valence-corrected chi connectivity index (χ1v) is 15.9. The molecule has 1 aliphatic heterocycles. The number of hydrogen-bond donors (Lipinski definition) is 0. The maximum absolute atomic E-state index is 5.06. The van der Waals surface area contributed by atoms with Gasteiger partial charge in [0.15, 0.2) is 6.71 Å². The van der Waals surface area contributed by atoms with Crippen molar-refractivity contribution in [3.05, 3.63) is 150 Å². The van der Waals surface area contributed by atoms with Gasteiger partial charge in [0.25, 0.3) is 0 Å². The summed E-state index contributed by atoms with van der Waals surface area (Å²) in [5, 5.41) is 11.9. The predicted molar refractivity (Wildman–Crippen MR) is 193 cm³/mol. The van der Waals surface area contributed by atoms with Gasteiger partial charge in [0.1, 0.15) is 0 Å². The average Bonchev–Trinajstić information content (AvgIpc) is 3.66. The van der Waals surface area contributed by atoms with Gasteiger partial charge in [0, 0.05) is 38.1 Å². The third-order valence-electron chi connectivity index (χ3n) is 8.85. The molecule has 7 rings (SSSR count). The average molecular weight is 794 g/mol. The largest absolute Gasteiger partial charge is 0.460 e. The molecule has 5 nitrogen and oxygen atoms in total. The Hall–Kier alpha value is -4.41. The van der Waals surface area contributed by atoms with E-state index in [1.54, 1.807) is 0 Å². The predicted octanol–water partition coefficient (Wildman–Crippen LogP) is 6.73. The van der Waals surface area contributed by atoms with Crippen LogP contribution in [0.4, 0.5) is 11.4 Å². The fraction of sp³-hybridized carbons (Fsp3) is 0.175. The Labute approximate surface area is 293 Å². The van der Waals surface area contributed by atoms with Crippen molar-refractivity contribution in [2.75, 3.05) is 9.91 Å². The minimum absolute atomic E-state index is 0. The SMILES string of the molecule is CC1=NN(c2[c-]c(B(c3[c-]c(-c4cc(C)n([C@@H]5C=CC=CC5)n4)ccc3)c3c(C)cc(C)cc3C)ccc2)[CH-]N1c1ccccc1.[Pt]. The topological polar surface area (TPSA) is 36.7 Å². The zero-order valence-electron chi connectivity index (χ0n) is 27.4. The van der Waals surface area contributed by atoms with E-state index in [0.717, 1.165) is 51.5 Å². The van der Waals surface area contributed by atoms with E-state index in [0.29, 0.717) is 0 Å². The van der Waals surface area contributed by atoms with Crippen LogP contribution in [0.2, 0.25) is 0 Å². The number of anilines is 2. The van der Waals surface area contributed by atoms with Gasteiger partial charge in [-0.15, -0.1) is 42.6 Å². The van der Waals surface area contributed by atoms with Crippen LogP contribution in [0.5, 0.6) is 0 Å². The Morgan fingerprint density at radius 1 is 0.809 bits per heavy atom. The smallest absolute Gasteiger partial charge is 0.198 e. The summed E-state index contributed by atoms with van der Waals surface area (Å²) in [5.74, 6) is 0.905. The van der Waals surface area contributed by atoms with Crippen LogP contribution in [0.25, 0.3) is 11.3 Å². The van der Waals surface area contributed by atoms with Gasteiger partial charge in [-0.3, -0.25) is 4.68 Å². The zero-order chi connectivity index (χ0) is 31.8. The Morgan fingerprint density at radius 3 is 2.26 bits per heavy atom. The summed E-state index contributed by atoms with van der Waals surface area (Å²) in [6.07, 6.45) is 9.57. The van der Waals surface area contributed by atoms with Crippen molar-refractivity contribution in [1.29, 1.82) is 0 Å². The minimum Gasteiger partial charge on any atom is -0.460 e. The van der Waals surface area contributed by atoms with Crippen molar-refractivity contribution in [1.82, 2.24) is 9.78 Å². The number of aryl methyl sites for hydroxylation is 4. The normalized spacial score (nSPS) is 15.5. The van der Waals surface area contributed by atoms with Crippen LogP contribution in [0.3, 0.4) is 0 Å². The number of hydrazone groups is 1. The van der Waals surface area contributed by atoms with E-state index in [9.17, 15) is 0 Å². The van der Waals surface area contributed by atoms with Gasteiger partial charge < -0.3 is 9.91 Å². The Bertz CT molecular complexity index is 1970. The van der Waals surface area contributed by atoms with E-state index < -0.39 is 0 Å². The number of amidine groups is 1. The van der Waals surface area contributed by atoms with E-state index in [2.05, 4.69) is 140 Å². The summed E-state index contributed by atoms with van der Waals surface area (Å²) >= 11 is 0. The maximum atomic E-state index is 5.06. The van der Waals surface area contributed by atoms with Crippen molar-refractivity contribution < 1.29 is 21.1 Å². The molecule has 2 aliphatic rings. The molecule has 4 aromatic carbocycles. The molecule has 0 N–H and O–H groups in total. The molecule has 47 heavy (non-hydrogen) atoms. The molecule has 1 aliphatic carbocycles. The summed E-state index contributed by atoms with van der Waals surface area (Å²) in [5.41, 5.74) is 12.3. The van der Waals surface area contributed by atoms with Crippen molar-refractivity contribution in [3.8, 4) is 11.3 Å². The van der Waals surface area contributed by atoms with E-state index in [1.807, 2.05) is 36.8 Å². The van der Waals surface area contributed by atoms with E-state index >= 15 is 0 Å². The number of rotatable bonds is 7. The molecule has 0 saturated carbocycles. The number of aromatic nitrogens is 2. The number of hydrogen-bond acceptors (Lipinski definition) is 4. The molecular weight excluding hydrogens is 756 g/mol. The molecule has 0 unspecified atom stereocenters. The number of allylic oxidation sites excluding steroid dienone is 4. The van der Waals surface area contributed by atoms with Gasteiger partial charge in [-0.05, 0) is 53.2 Å². The second-order valence-corrected chi connectivity index (χ2v) is 12.3. The minimum atomic E-state index is -0.0759. The van der Waals surface area contributed by atoms with Crippen molar-refractivity contribution in [3.63, 3.8) is 0 Å². The van der Waals surface area contributed by atoms with Crippen LogP contribution in [0.15, 0.2) is 114 Å². The van der Waals surface area contributed by atoms with E-state index in [4.69, 9.17) is 10.2 Å². The van der Waals surface area contributed by atoms with Gasteiger partial charge in [-0.2, -0.15) is 34.2 Å². The van der Waals surface area contributed by atoms with Crippen molar-refractivity contribution in [2.24, 2.45) is 5.10 Å². The first-order valence-electron chi connectivity index (χ1n) is 15.9. The number of benzene rings is 4. The molecule has 238 valence electrons. The van der Waals surface area contributed by atoms with E-state index in [-0.39, 0.29) is 33.8 Å².